The van der Waals surface area contributed by atoms with Gasteiger partial charge in [0.1, 0.15) is 5.69 Å². The second kappa shape index (κ2) is 5.12. The Morgan fingerprint density at radius 3 is 2.95 bits per heavy atom. The number of Topliss-reactive ketones (excluding diaryl/α,β-unsaturated/α-hetero) is 1. The maximum Gasteiger partial charge on any atom is 0.354 e. The number of aromatic nitrogens is 1. The van der Waals surface area contributed by atoms with E-state index in [9.17, 15) is 9.59 Å². The Morgan fingerprint density at radius 1 is 1.43 bits per heavy atom. The molecule has 0 saturated carbocycles. The van der Waals surface area contributed by atoms with E-state index in [-0.39, 0.29) is 12.4 Å². The first-order chi connectivity index (χ1) is 10.2. The van der Waals surface area contributed by atoms with Crippen molar-refractivity contribution in [2.75, 3.05) is 20.3 Å². The molecule has 0 amide bonds. The molecule has 1 aliphatic heterocycles. The molecule has 3 rings (SSSR count). The molecule has 0 aliphatic carbocycles. The van der Waals surface area contributed by atoms with Gasteiger partial charge >= 0.3 is 5.97 Å². The van der Waals surface area contributed by atoms with Crippen molar-refractivity contribution in [3.05, 3.63) is 23.4 Å². The van der Waals surface area contributed by atoms with Crippen LogP contribution in [0.4, 0.5) is 0 Å². The number of esters is 1. The molecule has 1 N–H and O–H groups in total. The van der Waals surface area contributed by atoms with Gasteiger partial charge in [0.15, 0.2) is 17.3 Å². The van der Waals surface area contributed by atoms with E-state index in [1.54, 1.807) is 19.1 Å². The molecule has 0 saturated heterocycles. The van der Waals surface area contributed by atoms with Crippen LogP contribution in [0.5, 0.6) is 11.5 Å². The number of fused-ring (bicyclic) bond motifs is 3. The number of H-pyrrole nitrogens is 1. The van der Waals surface area contributed by atoms with Crippen LogP contribution >= 0.6 is 0 Å². The Kier molecular flexibility index (Phi) is 3.29. The molecule has 1 aliphatic rings. The summed E-state index contributed by atoms with van der Waals surface area (Å²) in [5.41, 5.74) is 1.32. The van der Waals surface area contributed by atoms with Crippen LogP contribution in [0, 0.1) is 0 Å². The zero-order valence-corrected chi connectivity index (χ0v) is 11.8. The van der Waals surface area contributed by atoms with Crippen LogP contribution in [0.3, 0.4) is 0 Å². The Bertz CT molecular complexity index is 731. The number of ether oxygens (including phenoxy) is 3. The molecule has 6 heteroatoms. The third-order valence-electron chi connectivity index (χ3n) is 3.41. The van der Waals surface area contributed by atoms with Crippen molar-refractivity contribution in [1.82, 2.24) is 4.98 Å². The summed E-state index contributed by atoms with van der Waals surface area (Å²) in [5.74, 6) is 0.432. The van der Waals surface area contributed by atoms with E-state index in [1.807, 2.05) is 0 Å². The summed E-state index contributed by atoms with van der Waals surface area (Å²) in [6.07, 6.45) is 0.309. The van der Waals surface area contributed by atoms with Crippen molar-refractivity contribution in [3.63, 3.8) is 0 Å². The molecule has 21 heavy (non-hydrogen) atoms. The fraction of sp³-hybridized carbons (Fsp3) is 0.333. The molecule has 6 nitrogen and oxygen atoms in total. The van der Waals surface area contributed by atoms with E-state index in [1.165, 1.54) is 7.11 Å². The summed E-state index contributed by atoms with van der Waals surface area (Å²) in [4.78, 5) is 27.0. The number of benzene rings is 1. The summed E-state index contributed by atoms with van der Waals surface area (Å²) in [6, 6.07) is 3.39. The van der Waals surface area contributed by atoms with Crippen molar-refractivity contribution in [2.24, 2.45) is 0 Å². The SMILES string of the molecule is CCOC(=O)c1cc2cc(OC)c3c(c2[nH]1)C(=O)CCO3. The third kappa shape index (κ3) is 2.12. The van der Waals surface area contributed by atoms with Gasteiger partial charge in [-0.3, -0.25) is 4.79 Å². The number of carbonyl (C=O) groups is 2. The number of hydrogen-bond acceptors (Lipinski definition) is 5. The van der Waals surface area contributed by atoms with Gasteiger partial charge in [-0.05, 0) is 19.1 Å². The molecular formula is C15H15NO5. The van der Waals surface area contributed by atoms with Crippen LogP contribution in [0.25, 0.3) is 10.9 Å². The highest BCUT2D eigenvalue weighted by Gasteiger charge is 2.27. The number of aromatic amines is 1. The van der Waals surface area contributed by atoms with E-state index in [2.05, 4.69) is 4.98 Å². The average Bonchev–Trinajstić information content (AvgIpc) is 2.90. The van der Waals surface area contributed by atoms with Gasteiger partial charge in [0.25, 0.3) is 0 Å². The van der Waals surface area contributed by atoms with Gasteiger partial charge < -0.3 is 19.2 Å². The highest BCUT2D eigenvalue weighted by atomic mass is 16.5. The van der Waals surface area contributed by atoms with Gasteiger partial charge in [-0.15, -0.1) is 0 Å². The topological polar surface area (TPSA) is 77.6 Å². The van der Waals surface area contributed by atoms with Gasteiger partial charge in [-0.1, -0.05) is 0 Å². The van der Waals surface area contributed by atoms with Crippen LogP contribution in [-0.4, -0.2) is 37.1 Å². The molecule has 0 spiro atoms. The summed E-state index contributed by atoms with van der Waals surface area (Å²) < 4.78 is 15.8. The van der Waals surface area contributed by atoms with Crippen molar-refractivity contribution in [3.8, 4) is 11.5 Å². The van der Waals surface area contributed by atoms with E-state index >= 15 is 0 Å². The van der Waals surface area contributed by atoms with Gasteiger partial charge in [-0.25, -0.2) is 4.79 Å². The minimum absolute atomic E-state index is 0.0302. The van der Waals surface area contributed by atoms with E-state index in [0.717, 1.165) is 0 Å². The third-order valence-corrected chi connectivity index (χ3v) is 3.41. The molecule has 0 bridgehead atoms. The predicted octanol–water partition coefficient (Wildman–Crippen LogP) is 2.32. The maximum absolute atomic E-state index is 12.2. The summed E-state index contributed by atoms with van der Waals surface area (Å²) in [5, 5.41) is 0.715. The lowest BCUT2D eigenvalue weighted by Crippen LogP contribution is -2.16. The standard InChI is InChI=1S/C15H15NO5/c1-3-20-15(18)9-6-8-7-11(19-2)14-12(13(8)16-9)10(17)4-5-21-14/h6-7,16H,3-5H2,1-2H3. The summed E-state index contributed by atoms with van der Waals surface area (Å²) in [7, 11) is 1.52. The molecule has 110 valence electrons. The number of methoxy groups -OCH3 is 1. The monoisotopic (exact) mass is 289 g/mol. The van der Waals surface area contributed by atoms with Crippen LogP contribution in [0.1, 0.15) is 34.2 Å². The lowest BCUT2D eigenvalue weighted by Gasteiger charge is -2.19. The first-order valence-electron chi connectivity index (χ1n) is 6.72. The van der Waals surface area contributed by atoms with Crippen LogP contribution in [0.15, 0.2) is 12.1 Å². The summed E-state index contributed by atoms with van der Waals surface area (Å²) in [6.45, 7) is 2.36. The van der Waals surface area contributed by atoms with Gasteiger partial charge in [0.2, 0.25) is 0 Å². The van der Waals surface area contributed by atoms with Crippen LogP contribution in [0.2, 0.25) is 0 Å². The Morgan fingerprint density at radius 2 is 2.24 bits per heavy atom. The van der Waals surface area contributed by atoms with Crippen molar-refractivity contribution < 1.29 is 23.8 Å². The predicted molar refractivity (Wildman–Crippen MR) is 75.2 cm³/mol. The van der Waals surface area contributed by atoms with Crippen molar-refractivity contribution in [2.45, 2.75) is 13.3 Å². The minimum atomic E-state index is -0.453. The number of ketones is 1. The quantitative estimate of drug-likeness (QED) is 0.877. The fourth-order valence-electron chi connectivity index (χ4n) is 2.49. The number of carbonyl (C=O) groups excluding carboxylic acids is 2. The van der Waals surface area contributed by atoms with Gasteiger partial charge in [0, 0.05) is 11.8 Å². The zero-order chi connectivity index (χ0) is 15.0. The highest BCUT2D eigenvalue weighted by molar-refractivity contribution is 6.12. The highest BCUT2D eigenvalue weighted by Crippen LogP contribution is 2.40. The maximum atomic E-state index is 12.2. The van der Waals surface area contributed by atoms with E-state index in [0.29, 0.717) is 46.7 Å². The van der Waals surface area contributed by atoms with Crippen molar-refractivity contribution >= 4 is 22.7 Å². The minimum Gasteiger partial charge on any atom is -0.493 e. The number of nitrogens with one attached hydrogen (secondary N) is 1. The molecule has 0 fully saturated rings. The van der Waals surface area contributed by atoms with Gasteiger partial charge in [-0.2, -0.15) is 0 Å². The molecule has 0 radical (unpaired) electrons. The lowest BCUT2D eigenvalue weighted by atomic mass is 10.0. The fourth-order valence-corrected chi connectivity index (χ4v) is 2.49. The van der Waals surface area contributed by atoms with E-state index < -0.39 is 5.97 Å². The average molecular weight is 289 g/mol. The molecule has 1 aromatic heterocycles. The second-order valence-electron chi connectivity index (χ2n) is 4.67. The smallest absolute Gasteiger partial charge is 0.354 e. The number of rotatable bonds is 3. The summed E-state index contributed by atoms with van der Waals surface area (Å²) >= 11 is 0. The van der Waals surface area contributed by atoms with Gasteiger partial charge in [0.05, 0.1) is 31.4 Å². The first-order valence-corrected chi connectivity index (χ1v) is 6.72. The lowest BCUT2D eigenvalue weighted by molar-refractivity contribution is 0.0520. The molecular weight excluding hydrogens is 274 g/mol. The Hall–Kier alpha value is -2.50. The molecule has 2 aromatic rings. The molecule has 0 unspecified atom stereocenters. The number of hydrogen-bond donors (Lipinski definition) is 1. The van der Waals surface area contributed by atoms with Crippen LogP contribution < -0.4 is 9.47 Å². The van der Waals surface area contributed by atoms with Crippen molar-refractivity contribution in [1.29, 1.82) is 0 Å². The van der Waals surface area contributed by atoms with E-state index in [4.69, 9.17) is 14.2 Å². The second-order valence-corrected chi connectivity index (χ2v) is 4.67. The zero-order valence-electron chi connectivity index (χ0n) is 11.8. The van der Waals surface area contributed by atoms with Crippen LogP contribution in [-0.2, 0) is 4.74 Å². The first kappa shape index (κ1) is 13.5. The molecule has 1 aromatic carbocycles. The molecule has 0 atom stereocenters. The molecule has 2 heterocycles. The largest absolute Gasteiger partial charge is 0.493 e. The Labute approximate surface area is 121 Å². The normalized spacial score (nSPS) is 13.7. The Balaban J connectivity index is 2.22.